The predicted octanol–water partition coefficient (Wildman–Crippen LogP) is 17.9. The number of hydrogen-bond acceptors (Lipinski definition) is 3. The van der Waals surface area contributed by atoms with Gasteiger partial charge in [0, 0.05) is 28.4 Å². The van der Waals surface area contributed by atoms with Crippen LogP contribution >= 0.6 is 0 Å². The summed E-state index contributed by atoms with van der Waals surface area (Å²) in [5, 5.41) is 2.96. The largest absolute Gasteiger partial charge is 0.468 e. The van der Waals surface area contributed by atoms with Crippen LogP contribution in [0.25, 0.3) is 11.0 Å². The van der Waals surface area contributed by atoms with Gasteiger partial charge in [-0.1, -0.05) is 177 Å². The molecule has 5 heteroatoms. The fourth-order valence-electron chi connectivity index (χ4n) is 15.8. The summed E-state index contributed by atoms with van der Waals surface area (Å²) in [6.07, 6.45) is 27.6. The van der Waals surface area contributed by atoms with Gasteiger partial charge in [0.2, 0.25) is 0 Å². The van der Waals surface area contributed by atoms with Crippen LogP contribution in [0.1, 0.15) is 213 Å². The van der Waals surface area contributed by atoms with Crippen LogP contribution < -0.4 is 20.9 Å². The van der Waals surface area contributed by atoms with E-state index >= 15 is 0 Å². The van der Waals surface area contributed by atoms with Crippen LogP contribution in [0.2, 0.25) is 19.6 Å². The van der Waals surface area contributed by atoms with Crippen molar-refractivity contribution in [3.8, 4) is 0 Å². The van der Waals surface area contributed by atoms with E-state index in [-0.39, 0.29) is 56.6 Å². The summed E-state index contributed by atoms with van der Waals surface area (Å²) >= 11 is 0. The molecule has 3 atom stereocenters. The van der Waals surface area contributed by atoms with Crippen molar-refractivity contribution in [1.29, 1.82) is 0 Å². The smallest absolute Gasteiger partial charge is 0.292 e. The Kier molecular flexibility index (Phi) is 11.1. The average Bonchev–Trinajstić information content (AvgIpc) is 3.71. The fraction of sp³-hybridized carbons (Fsp3) is 0.543. The Morgan fingerprint density at radius 2 is 1.23 bits per heavy atom. The van der Waals surface area contributed by atoms with Crippen LogP contribution in [0.4, 0.5) is 17.1 Å². The summed E-state index contributed by atoms with van der Waals surface area (Å²) in [4.78, 5) is 5.83. The number of hydrogen-bond donors (Lipinski definition) is 0. The molecule has 0 fully saturated rings. The molecule has 3 heterocycles. The van der Waals surface area contributed by atoms with Gasteiger partial charge in [0.1, 0.15) is 5.58 Å². The highest BCUT2D eigenvalue weighted by Crippen LogP contribution is 2.59. The molecular formula is C70H91BN2OSi. The second kappa shape index (κ2) is 16.3. The van der Waals surface area contributed by atoms with Gasteiger partial charge in [0.05, 0.1) is 31.2 Å². The van der Waals surface area contributed by atoms with Crippen LogP contribution in [0.5, 0.6) is 0 Å². The van der Waals surface area contributed by atoms with Crippen molar-refractivity contribution in [2.24, 2.45) is 11.3 Å². The normalized spacial score (nSPS) is 26.4. The molecule has 0 bridgehead atoms. The van der Waals surface area contributed by atoms with Crippen molar-refractivity contribution >= 4 is 53.9 Å². The molecule has 8 aliphatic rings. The maximum absolute atomic E-state index is 7.89. The third-order valence-electron chi connectivity index (χ3n) is 21.3. The highest BCUT2D eigenvalue weighted by molar-refractivity contribution is 6.94. The van der Waals surface area contributed by atoms with Gasteiger partial charge in [-0.15, -0.1) is 0 Å². The van der Waals surface area contributed by atoms with Crippen LogP contribution in [0.15, 0.2) is 111 Å². The van der Waals surface area contributed by atoms with Crippen LogP contribution in [-0.4, -0.2) is 20.8 Å². The topological polar surface area (TPSA) is 19.6 Å². The first-order valence-electron chi connectivity index (χ1n) is 29.6. The molecular weight excluding hydrogens is 924 g/mol. The van der Waals surface area contributed by atoms with Crippen molar-refractivity contribution < 1.29 is 4.42 Å². The van der Waals surface area contributed by atoms with E-state index in [1.54, 1.807) is 16.3 Å². The zero-order valence-electron chi connectivity index (χ0n) is 50.0. The number of rotatable bonds is 4. The van der Waals surface area contributed by atoms with Gasteiger partial charge in [0.25, 0.3) is 6.71 Å². The Morgan fingerprint density at radius 3 is 1.81 bits per heavy atom. The van der Waals surface area contributed by atoms with E-state index in [1.807, 2.05) is 0 Å². The fourth-order valence-corrected chi connectivity index (χ4v) is 17.2. The van der Waals surface area contributed by atoms with Crippen molar-refractivity contribution in [3.05, 3.63) is 146 Å². The van der Waals surface area contributed by atoms with Crippen LogP contribution in [0, 0.1) is 11.3 Å². The molecule has 0 N–H and O–H groups in total. The van der Waals surface area contributed by atoms with E-state index in [9.17, 15) is 0 Å². The molecule has 0 saturated carbocycles. The lowest BCUT2D eigenvalue weighted by atomic mass is 9.33. The van der Waals surface area contributed by atoms with Crippen molar-refractivity contribution in [1.82, 2.24) is 0 Å². The minimum absolute atomic E-state index is 0.0328. The molecule has 6 aliphatic carbocycles. The minimum atomic E-state index is -1.92. The highest BCUT2D eigenvalue weighted by atomic mass is 28.3. The molecule has 0 saturated heterocycles. The number of allylic oxidation sites excluding steroid dienone is 8. The SMILES string of the molecule is CC1=C(N2c3c(oc4cc5c(cc34)C(C)(C)CCC5(C)C)B3C4=C(C=C([Si](C)(C)C)CC42)N(c2cc4c(cc2C2C=CC=CC2)C(C)(C)CCC4(C)C)c2c3ccc3c2C(C)(C)CCC3(C)C)C=C[C@@H](C(C)(C)C)C1. The van der Waals surface area contributed by atoms with Gasteiger partial charge in [0.15, 0.2) is 0 Å². The maximum atomic E-state index is 7.89. The Hall–Kier alpha value is -4.48. The molecule has 0 spiro atoms. The summed E-state index contributed by atoms with van der Waals surface area (Å²) in [5.74, 6) is 0.746. The van der Waals surface area contributed by atoms with E-state index < -0.39 is 8.07 Å². The molecule has 2 unspecified atom stereocenters. The average molecular weight is 1020 g/mol. The van der Waals surface area contributed by atoms with Crippen LogP contribution in [0.3, 0.4) is 0 Å². The van der Waals surface area contributed by atoms with Gasteiger partial charge >= 0.3 is 0 Å². The molecule has 12 rings (SSSR count). The first-order valence-corrected chi connectivity index (χ1v) is 33.1. The van der Waals surface area contributed by atoms with E-state index in [2.05, 4.69) is 219 Å². The molecule has 0 radical (unpaired) electrons. The molecule has 3 nitrogen and oxygen atoms in total. The zero-order chi connectivity index (χ0) is 53.7. The molecule has 2 aliphatic heterocycles. The summed E-state index contributed by atoms with van der Waals surface area (Å²) in [7, 11) is -1.92. The van der Waals surface area contributed by atoms with Crippen molar-refractivity contribution in [2.45, 2.75) is 233 Å². The Balaban J connectivity index is 1.26. The maximum Gasteiger partial charge on any atom is 0.292 e. The van der Waals surface area contributed by atoms with Gasteiger partial charge in [-0.2, -0.15) is 0 Å². The first kappa shape index (κ1) is 51.3. The third-order valence-corrected chi connectivity index (χ3v) is 23.6. The standard InChI is InChI=1S/C70H91BN2OSi/c1-42-35-44(64(2,3)4)25-28-54(42)72-56-36-45(75(17,18)19)37-57-60(56)71(63-61(72)47-39-50-52(41-58(47)74-63)69(13,14)32-30-67(50,9)10)53-27-26-48-59(70(15,16)34-33-65(48,5)6)62(53)73(57)55-40-51-49(66(7,8)29-31-68(51,11)12)38-46(55)43-23-21-20-22-24-43/h20-23,25-28,37-41,43-44,56H,24,29-36H2,1-19H3/t43?,44-,56?/m1/s1. The number of benzene rings is 3. The number of anilines is 3. The van der Waals surface area contributed by atoms with Gasteiger partial charge < -0.3 is 14.2 Å². The van der Waals surface area contributed by atoms with Gasteiger partial charge in [-0.05, 0) is 194 Å². The second-order valence-corrected chi connectivity index (χ2v) is 36.5. The summed E-state index contributed by atoms with van der Waals surface area (Å²) in [6.45, 7) is 47.8. The van der Waals surface area contributed by atoms with E-state index in [4.69, 9.17) is 4.42 Å². The minimum Gasteiger partial charge on any atom is -0.468 e. The Morgan fingerprint density at radius 1 is 0.640 bits per heavy atom. The Bertz CT molecular complexity index is 3320. The van der Waals surface area contributed by atoms with Crippen LogP contribution in [-0.2, 0) is 32.5 Å². The number of nitrogens with zero attached hydrogens (tertiary/aromatic N) is 2. The van der Waals surface area contributed by atoms with E-state index in [0.717, 1.165) is 36.9 Å². The van der Waals surface area contributed by atoms with E-state index in [0.29, 0.717) is 5.92 Å². The van der Waals surface area contributed by atoms with Gasteiger partial charge in [-0.3, -0.25) is 0 Å². The van der Waals surface area contributed by atoms with E-state index in [1.165, 1.54) is 110 Å². The van der Waals surface area contributed by atoms with Crippen molar-refractivity contribution in [3.63, 3.8) is 0 Å². The van der Waals surface area contributed by atoms with Crippen molar-refractivity contribution in [2.75, 3.05) is 9.80 Å². The summed E-state index contributed by atoms with van der Waals surface area (Å²) in [5.41, 5.74) is 24.6. The highest BCUT2D eigenvalue weighted by Gasteiger charge is 2.56. The summed E-state index contributed by atoms with van der Waals surface area (Å²) < 4.78 is 7.89. The molecule has 3 aromatic carbocycles. The lowest BCUT2D eigenvalue weighted by molar-refractivity contribution is 0.288. The number of furan rings is 1. The predicted molar refractivity (Wildman–Crippen MR) is 326 cm³/mol. The lowest BCUT2D eigenvalue weighted by Crippen LogP contribution is -2.62. The quantitative estimate of drug-likeness (QED) is 0.190. The third kappa shape index (κ3) is 7.73. The van der Waals surface area contributed by atoms with Gasteiger partial charge in [-0.25, -0.2) is 0 Å². The molecule has 75 heavy (non-hydrogen) atoms. The molecule has 0 amide bonds. The molecule has 1 aromatic heterocycles. The molecule has 4 aromatic rings. The molecule has 394 valence electrons. The summed E-state index contributed by atoms with van der Waals surface area (Å²) in [6, 6.07) is 16.0. The first-order chi connectivity index (χ1) is 34.8. The second-order valence-electron chi connectivity index (χ2n) is 31.4. The lowest BCUT2D eigenvalue weighted by Gasteiger charge is -2.53. The Labute approximate surface area is 455 Å². The monoisotopic (exact) mass is 1010 g/mol. The number of fused-ring (bicyclic) bond motifs is 10. The zero-order valence-corrected chi connectivity index (χ0v) is 51.0.